The SMILES string of the molecule is COc1ccccc1C(=O)N(C)CC1(CN)CC1. The molecule has 0 aromatic heterocycles. The minimum atomic E-state index is -0.00725. The Morgan fingerprint density at radius 3 is 2.67 bits per heavy atom. The number of rotatable bonds is 5. The Hall–Kier alpha value is -1.55. The zero-order valence-electron chi connectivity index (χ0n) is 11.0. The van der Waals surface area contributed by atoms with Crippen LogP contribution >= 0.6 is 0 Å². The molecule has 1 aromatic rings. The first-order chi connectivity index (χ1) is 8.62. The highest BCUT2D eigenvalue weighted by atomic mass is 16.5. The Bertz CT molecular complexity index is 441. The molecule has 4 heteroatoms. The molecule has 0 spiro atoms. The van der Waals surface area contributed by atoms with Crippen LogP contribution < -0.4 is 10.5 Å². The van der Waals surface area contributed by atoms with Gasteiger partial charge in [-0.25, -0.2) is 0 Å². The van der Waals surface area contributed by atoms with Gasteiger partial charge in [-0.3, -0.25) is 4.79 Å². The first-order valence-electron chi connectivity index (χ1n) is 6.20. The summed E-state index contributed by atoms with van der Waals surface area (Å²) in [6.45, 7) is 1.37. The predicted molar refractivity (Wildman–Crippen MR) is 70.7 cm³/mol. The Labute approximate surface area is 108 Å². The lowest BCUT2D eigenvalue weighted by Gasteiger charge is -2.23. The van der Waals surface area contributed by atoms with Crippen molar-refractivity contribution in [1.29, 1.82) is 0 Å². The maximum atomic E-state index is 12.4. The van der Waals surface area contributed by atoms with E-state index in [0.717, 1.165) is 19.4 Å². The van der Waals surface area contributed by atoms with Gasteiger partial charge in [-0.1, -0.05) is 12.1 Å². The summed E-state index contributed by atoms with van der Waals surface area (Å²) >= 11 is 0. The number of hydrogen-bond acceptors (Lipinski definition) is 3. The number of carbonyl (C=O) groups excluding carboxylic acids is 1. The lowest BCUT2D eigenvalue weighted by molar-refractivity contribution is 0.0763. The molecule has 0 aliphatic heterocycles. The van der Waals surface area contributed by atoms with E-state index in [1.54, 1.807) is 24.1 Å². The molecule has 1 aliphatic rings. The van der Waals surface area contributed by atoms with Crippen LogP contribution in [0.2, 0.25) is 0 Å². The summed E-state index contributed by atoms with van der Waals surface area (Å²) in [6, 6.07) is 7.30. The van der Waals surface area contributed by atoms with Gasteiger partial charge < -0.3 is 15.4 Å². The highest BCUT2D eigenvalue weighted by Gasteiger charge is 2.42. The number of carbonyl (C=O) groups is 1. The lowest BCUT2D eigenvalue weighted by Crippen LogP contribution is -2.35. The minimum absolute atomic E-state index is 0.00725. The third-order valence-electron chi connectivity index (χ3n) is 3.65. The van der Waals surface area contributed by atoms with E-state index in [0.29, 0.717) is 17.9 Å². The van der Waals surface area contributed by atoms with Crippen molar-refractivity contribution in [2.24, 2.45) is 11.1 Å². The number of nitrogens with two attached hydrogens (primary N) is 1. The third-order valence-corrected chi connectivity index (χ3v) is 3.65. The van der Waals surface area contributed by atoms with Crippen LogP contribution in [0.5, 0.6) is 5.75 Å². The van der Waals surface area contributed by atoms with E-state index in [-0.39, 0.29) is 11.3 Å². The molecule has 1 saturated carbocycles. The Morgan fingerprint density at radius 1 is 1.44 bits per heavy atom. The Morgan fingerprint density at radius 2 is 2.11 bits per heavy atom. The van der Waals surface area contributed by atoms with E-state index >= 15 is 0 Å². The van der Waals surface area contributed by atoms with Crippen molar-refractivity contribution in [3.8, 4) is 5.75 Å². The molecule has 1 fully saturated rings. The van der Waals surface area contributed by atoms with Gasteiger partial charge in [0.15, 0.2) is 0 Å². The molecule has 0 unspecified atom stereocenters. The van der Waals surface area contributed by atoms with Crippen LogP contribution in [0.3, 0.4) is 0 Å². The molecular weight excluding hydrogens is 228 g/mol. The fourth-order valence-electron chi connectivity index (χ4n) is 2.21. The monoisotopic (exact) mass is 248 g/mol. The third kappa shape index (κ3) is 2.48. The molecule has 1 amide bonds. The van der Waals surface area contributed by atoms with E-state index in [2.05, 4.69) is 0 Å². The molecule has 98 valence electrons. The Kier molecular flexibility index (Phi) is 3.57. The number of para-hydroxylation sites is 1. The van der Waals surface area contributed by atoms with Crippen molar-refractivity contribution in [2.75, 3.05) is 27.2 Å². The first-order valence-corrected chi connectivity index (χ1v) is 6.20. The normalized spacial score (nSPS) is 16.2. The molecule has 0 bridgehead atoms. The molecule has 0 saturated heterocycles. The first kappa shape index (κ1) is 12.9. The van der Waals surface area contributed by atoms with E-state index in [4.69, 9.17) is 10.5 Å². The zero-order chi connectivity index (χ0) is 13.2. The molecule has 2 N–H and O–H groups in total. The fraction of sp³-hybridized carbons (Fsp3) is 0.500. The maximum absolute atomic E-state index is 12.4. The highest BCUT2D eigenvalue weighted by Crippen LogP contribution is 2.45. The summed E-state index contributed by atoms with van der Waals surface area (Å²) in [5, 5.41) is 0. The van der Waals surface area contributed by atoms with Gasteiger partial charge >= 0.3 is 0 Å². The Balaban J connectivity index is 2.10. The standard InChI is InChI=1S/C14H20N2O2/c1-16(10-14(9-15)7-8-14)13(17)11-5-3-4-6-12(11)18-2/h3-6H,7-10,15H2,1-2H3. The molecule has 4 nitrogen and oxygen atoms in total. The molecule has 0 atom stereocenters. The van der Waals surface area contributed by atoms with Gasteiger partial charge in [-0.05, 0) is 31.5 Å². The topological polar surface area (TPSA) is 55.6 Å². The van der Waals surface area contributed by atoms with Crippen LogP contribution in [0.25, 0.3) is 0 Å². The second-order valence-corrected chi connectivity index (χ2v) is 5.07. The van der Waals surface area contributed by atoms with Gasteiger partial charge in [0.2, 0.25) is 0 Å². The van der Waals surface area contributed by atoms with Crippen molar-refractivity contribution in [3.63, 3.8) is 0 Å². The molecule has 0 radical (unpaired) electrons. The average molecular weight is 248 g/mol. The number of benzene rings is 1. The smallest absolute Gasteiger partial charge is 0.257 e. The number of amides is 1. The van der Waals surface area contributed by atoms with Crippen LogP contribution in [-0.4, -0.2) is 38.1 Å². The molecule has 2 rings (SSSR count). The predicted octanol–water partition coefficient (Wildman–Crippen LogP) is 1.51. The second kappa shape index (κ2) is 4.98. The molecule has 18 heavy (non-hydrogen) atoms. The van der Waals surface area contributed by atoms with Crippen LogP contribution in [0.4, 0.5) is 0 Å². The summed E-state index contributed by atoms with van der Waals surface area (Å²) in [4.78, 5) is 14.1. The van der Waals surface area contributed by atoms with Gasteiger partial charge in [0.1, 0.15) is 5.75 Å². The van der Waals surface area contributed by atoms with Gasteiger partial charge in [0.25, 0.3) is 5.91 Å². The second-order valence-electron chi connectivity index (χ2n) is 5.07. The van der Waals surface area contributed by atoms with Crippen molar-refractivity contribution < 1.29 is 9.53 Å². The molecular formula is C14H20N2O2. The fourth-order valence-corrected chi connectivity index (χ4v) is 2.21. The minimum Gasteiger partial charge on any atom is -0.496 e. The molecule has 1 aliphatic carbocycles. The summed E-state index contributed by atoms with van der Waals surface area (Å²) in [5.74, 6) is 0.610. The van der Waals surface area contributed by atoms with Crippen molar-refractivity contribution in [3.05, 3.63) is 29.8 Å². The quantitative estimate of drug-likeness (QED) is 0.859. The van der Waals surface area contributed by atoms with E-state index in [1.165, 1.54) is 0 Å². The van der Waals surface area contributed by atoms with Crippen molar-refractivity contribution in [1.82, 2.24) is 4.90 Å². The van der Waals surface area contributed by atoms with Gasteiger partial charge in [0, 0.05) is 19.0 Å². The van der Waals surface area contributed by atoms with Crippen LogP contribution in [0.15, 0.2) is 24.3 Å². The van der Waals surface area contributed by atoms with Crippen LogP contribution in [-0.2, 0) is 0 Å². The lowest BCUT2D eigenvalue weighted by atomic mass is 10.1. The van der Waals surface area contributed by atoms with Crippen LogP contribution in [0.1, 0.15) is 23.2 Å². The van der Waals surface area contributed by atoms with Crippen molar-refractivity contribution in [2.45, 2.75) is 12.8 Å². The number of methoxy groups -OCH3 is 1. The summed E-state index contributed by atoms with van der Waals surface area (Å²) < 4.78 is 5.22. The van der Waals surface area contributed by atoms with Gasteiger partial charge in [-0.2, -0.15) is 0 Å². The summed E-state index contributed by atoms with van der Waals surface area (Å²) in [7, 11) is 3.40. The zero-order valence-corrected chi connectivity index (χ0v) is 11.0. The maximum Gasteiger partial charge on any atom is 0.257 e. The average Bonchev–Trinajstić information content (AvgIpc) is 3.18. The number of ether oxygens (including phenoxy) is 1. The largest absolute Gasteiger partial charge is 0.496 e. The number of nitrogens with zero attached hydrogens (tertiary/aromatic N) is 1. The van der Waals surface area contributed by atoms with E-state index < -0.39 is 0 Å². The van der Waals surface area contributed by atoms with E-state index in [9.17, 15) is 4.79 Å². The van der Waals surface area contributed by atoms with E-state index in [1.807, 2.05) is 19.2 Å². The van der Waals surface area contributed by atoms with Gasteiger partial charge in [-0.15, -0.1) is 0 Å². The molecule has 1 aromatic carbocycles. The summed E-state index contributed by atoms with van der Waals surface area (Å²) in [6.07, 6.45) is 2.24. The summed E-state index contributed by atoms with van der Waals surface area (Å²) in [5.41, 5.74) is 6.52. The number of hydrogen-bond donors (Lipinski definition) is 1. The highest BCUT2D eigenvalue weighted by molar-refractivity contribution is 5.96. The van der Waals surface area contributed by atoms with Crippen molar-refractivity contribution >= 4 is 5.91 Å². The van der Waals surface area contributed by atoms with Gasteiger partial charge in [0.05, 0.1) is 12.7 Å². The molecule has 0 heterocycles. The van der Waals surface area contributed by atoms with Crippen LogP contribution in [0, 0.1) is 5.41 Å².